The molecule has 1 aromatic rings. The summed E-state index contributed by atoms with van der Waals surface area (Å²) in [6.45, 7) is 0. The quantitative estimate of drug-likeness (QED) is 0.526. The van der Waals surface area contributed by atoms with E-state index in [0.717, 1.165) is 0 Å². The van der Waals surface area contributed by atoms with Gasteiger partial charge in [-0.3, -0.25) is 0 Å². The highest BCUT2D eigenvalue weighted by molar-refractivity contribution is 7.59. The SMILES string of the molecule is C1=CC2C=CC(C=C1)P2Cc1ccccc1. The van der Waals surface area contributed by atoms with E-state index in [4.69, 9.17) is 0 Å². The van der Waals surface area contributed by atoms with Crippen LogP contribution in [0.4, 0.5) is 0 Å². The highest BCUT2D eigenvalue weighted by Gasteiger charge is 2.28. The van der Waals surface area contributed by atoms with Crippen LogP contribution in [0, 0.1) is 0 Å². The molecule has 2 unspecified atom stereocenters. The van der Waals surface area contributed by atoms with Crippen molar-refractivity contribution in [3.63, 3.8) is 0 Å². The molecule has 0 spiro atoms. The van der Waals surface area contributed by atoms with Crippen LogP contribution in [0.15, 0.2) is 66.8 Å². The molecule has 0 aromatic heterocycles. The van der Waals surface area contributed by atoms with E-state index in [1.807, 2.05) is 0 Å². The fourth-order valence-electron chi connectivity index (χ4n) is 2.36. The molecule has 1 heteroatoms. The number of fused-ring (bicyclic) bond motifs is 2. The minimum Gasteiger partial charge on any atom is -0.0801 e. The third kappa shape index (κ3) is 1.90. The third-order valence-corrected chi connectivity index (χ3v) is 6.16. The fraction of sp³-hybridized carbons (Fsp3) is 0.200. The molecule has 0 fully saturated rings. The van der Waals surface area contributed by atoms with E-state index in [2.05, 4.69) is 66.8 Å². The highest BCUT2D eigenvalue weighted by atomic mass is 31.1. The summed E-state index contributed by atoms with van der Waals surface area (Å²) in [7, 11) is 0.0293. The van der Waals surface area contributed by atoms with Gasteiger partial charge < -0.3 is 0 Å². The van der Waals surface area contributed by atoms with Gasteiger partial charge in [-0.05, 0) is 11.7 Å². The van der Waals surface area contributed by atoms with Crippen LogP contribution in [0.5, 0.6) is 0 Å². The van der Waals surface area contributed by atoms with E-state index < -0.39 is 0 Å². The molecule has 80 valence electrons. The van der Waals surface area contributed by atoms with Gasteiger partial charge in [0.05, 0.1) is 0 Å². The number of rotatable bonds is 2. The summed E-state index contributed by atoms with van der Waals surface area (Å²) in [6.07, 6.45) is 15.1. The van der Waals surface area contributed by atoms with Crippen LogP contribution in [0.3, 0.4) is 0 Å². The summed E-state index contributed by atoms with van der Waals surface area (Å²) in [5.74, 6) is 0. The second kappa shape index (κ2) is 4.39. The third-order valence-electron chi connectivity index (χ3n) is 3.21. The first-order chi connectivity index (χ1) is 7.93. The van der Waals surface area contributed by atoms with Crippen molar-refractivity contribution in [2.75, 3.05) is 0 Å². The average Bonchev–Trinajstić information content (AvgIpc) is 2.54. The number of hydrogen-bond acceptors (Lipinski definition) is 0. The molecule has 0 radical (unpaired) electrons. The Hall–Kier alpha value is -1.13. The molecule has 2 heterocycles. The standard InChI is InChI=1S/C15H15P/c1-2-6-13(7-3-1)12-16-14-8-4-5-9-15(16)11-10-14/h1-11,14-15H,12H2. The molecular weight excluding hydrogens is 211 g/mol. The lowest BCUT2D eigenvalue weighted by Crippen LogP contribution is -2.01. The van der Waals surface area contributed by atoms with Crippen LogP contribution in [0.1, 0.15) is 5.56 Å². The minimum absolute atomic E-state index is 0.0293. The van der Waals surface area contributed by atoms with Crippen molar-refractivity contribution in [1.82, 2.24) is 0 Å². The molecule has 3 rings (SSSR count). The van der Waals surface area contributed by atoms with Crippen LogP contribution in [0.25, 0.3) is 0 Å². The Labute approximate surface area is 98.1 Å². The largest absolute Gasteiger partial charge is 0.0801 e. The summed E-state index contributed by atoms with van der Waals surface area (Å²) in [6, 6.07) is 10.9. The first kappa shape index (κ1) is 10.1. The molecule has 0 aliphatic carbocycles. The maximum atomic E-state index is 2.39. The van der Waals surface area contributed by atoms with E-state index >= 15 is 0 Å². The number of hydrogen-bond donors (Lipinski definition) is 0. The molecule has 2 aliphatic rings. The molecule has 16 heavy (non-hydrogen) atoms. The summed E-state index contributed by atoms with van der Waals surface area (Å²) < 4.78 is 0. The van der Waals surface area contributed by atoms with Gasteiger partial charge in [0.2, 0.25) is 0 Å². The Morgan fingerprint density at radius 1 is 0.812 bits per heavy atom. The monoisotopic (exact) mass is 226 g/mol. The zero-order chi connectivity index (χ0) is 10.8. The Bertz CT molecular complexity index is 420. The van der Waals surface area contributed by atoms with E-state index in [-0.39, 0.29) is 7.92 Å². The molecule has 0 saturated carbocycles. The zero-order valence-electron chi connectivity index (χ0n) is 9.16. The molecule has 0 saturated heterocycles. The molecule has 2 bridgehead atoms. The molecule has 0 N–H and O–H groups in total. The molecular formula is C15H15P. The summed E-state index contributed by atoms with van der Waals surface area (Å²) in [5, 5.41) is 0. The number of allylic oxidation sites excluding steroid dienone is 6. The van der Waals surface area contributed by atoms with Gasteiger partial charge in [-0.25, -0.2) is 0 Å². The van der Waals surface area contributed by atoms with Crippen molar-refractivity contribution in [3.05, 3.63) is 72.4 Å². The molecule has 0 nitrogen and oxygen atoms in total. The van der Waals surface area contributed by atoms with Crippen molar-refractivity contribution >= 4 is 7.92 Å². The lowest BCUT2D eigenvalue weighted by atomic mass is 10.2. The first-order valence-corrected chi connectivity index (χ1v) is 7.43. The van der Waals surface area contributed by atoms with Crippen LogP contribution < -0.4 is 0 Å². The van der Waals surface area contributed by atoms with Crippen LogP contribution >= 0.6 is 7.92 Å². The molecule has 2 aliphatic heterocycles. The second-order valence-corrected chi connectivity index (χ2v) is 6.83. The van der Waals surface area contributed by atoms with Gasteiger partial charge in [-0.2, -0.15) is 0 Å². The normalized spacial score (nSPS) is 30.6. The van der Waals surface area contributed by atoms with Crippen molar-refractivity contribution in [2.45, 2.75) is 17.5 Å². The molecule has 0 amide bonds. The van der Waals surface area contributed by atoms with Gasteiger partial charge in [0, 0.05) is 11.3 Å². The summed E-state index contributed by atoms with van der Waals surface area (Å²) >= 11 is 0. The van der Waals surface area contributed by atoms with Gasteiger partial charge in [-0.1, -0.05) is 74.7 Å². The predicted octanol–water partition coefficient (Wildman–Crippen LogP) is 4.10. The Kier molecular flexibility index (Phi) is 2.76. The summed E-state index contributed by atoms with van der Waals surface area (Å²) in [4.78, 5) is 0. The van der Waals surface area contributed by atoms with Crippen molar-refractivity contribution in [3.8, 4) is 0 Å². The molecule has 2 atom stereocenters. The van der Waals surface area contributed by atoms with Gasteiger partial charge >= 0.3 is 0 Å². The fourth-order valence-corrected chi connectivity index (χ4v) is 5.09. The lowest BCUT2D eigenvalue weighted by Gasteiger charge is -2.21. The lowest BCUT2D eigenvalue weighted by molar-refractivity contribution is 1.31. The first-order valence-electron chi connectivity index (χ1n) is 5.76. The van der Waals surface area contributed by atoms with Gasteiger partial charge in [0.15, 0.2) is 0 Å². The van der Waals surface area contributed by atoms with E-state index in [0.29, 0.717) is 11.3 Å². The highest BCUT2D eigenvalue weighted by Crippen LogP contribution is 2.56. The van der Waals surface area contributed by atoms with Crippen LogP contribution in [-0.4, -0.2) is 11.3 Å². The predicted molar refractivity (Wildman–Crippen MR) is 72.1 cm³/mol. The second-order valence-electron chi connectivity index (χ2n) is 4.29. The summed E-state index contributed by atoms with van der Waals surface area (Å²) in [5.41, 5.74) is 2.86. The van der Waals surface area contributed by atoms with E-state index in [1.54, 1.807) is 0 Å². The number of benzene rings is 1. The zero-order valence-corrected chi connectivity index (χ0v) is 10.1. The maximum Gasteiger partial charge on any atom is 0.0164 e. The Morgan fingerprint density at radius 2 is 1.44 bits per heavy atom. The van der Waals surface area contributed by atoms with Gasteiger partial charge in [0.1, 0.15) is 0 Å². The Morgan fingerprint density at radius 3 is 2.06 bits per heavy atom. The maximum absolute atomic E-state index is 2.39. The topological polar surface area (TPSA) is 0 Å². The van der Waals surface area contributed by atoms with Crippen molar-refractivity contribution in [1.29, 1.82) is 0 Å². The van der Waals surface area contributed by atoms with Crippen LogP contribution in [0.2, 0.25) is 0 Å². The van der Waals surface area contributed by atoms with Crippen LogP contribution in [-0.2, 0) is 6.16 Å². The van der Waals surface area contributed by atoms with Crippen molar-refractivity contribution < 1.29 is 0 Å². The minimum atomic E-state index is 0.0293. The molecule has 1 aromatic carbocycles. The van der Waals surface area contributed by atoms with Gasteiger partial charge in [0.25, 0.3) is 0 Å². The van der Waals surface area contributed by atoms with Gasteiger partial charge in [-0.15, -0.1) is 0 Å². The smallest absolute Gasteiger partial charge is 0.0164 e. The van der Waals surface area contributed by atoms with Crippen molar-refractivity contribution in [2.24, 2.45) is 0 Å². The average molecular weight is 226 g/mol. The Balaban J connectivity index is 1.82. The van der Waals surface area contributed by atoms with E-state index in [9.17, 15) is 0 Å². The van der Waals surface area contributed by atoms with E-state index in [1.165, 1.54) is 11.7 Å².